The smallest absolute Gasteiger partial charge is 0.225 e. The van der Waals surface area contributed by atoms with E-state index in [1.807, 2.05) is 6.07 Å². The second-order valence-corrected chi connectivity index (χ2v) is 8.06. The zero-order valence-electron chi connectivity index (χ0n) is 15.1. The van der Waals surface area contributed by atoms with Crippen molar-refractivity contribution in [2.45, 2.75) is 38.3 Å². The highest BCUT2D eigenvalue weighted by Crippen LogP contribution is 2.28. The van der Waals surface area contributed by atoms with E-state index in [0.717, 1.165) is 23.3 Å². The Bertz CT molecular complexity index is 1080. The molecule has 136 valence electrons. The minimum atomic E-state index is 0.525. The minimum Gasteiger partial charge on any atom is -0.367 e. The molecule has 4 nitrogen and oxygen atoms in total. The largest absolute Gasteiger partial charge is 0.367 e. The van der Waals surface area contributed by atoms with E-state index in [1.54, 1.807) is 11.3 Å². The lowest BCUT2D eigenvalue weighted by molar-refractivity contribution is 0.751. The van der Waals surface area contributed by atoms with E-state index in [9.17, 15) is 0 Å². The normalized spacial score (nSPS) is 14.8. The minimum absolute atomic E-state index is 0.525. The number of nitrogens with zero attached hydrogens (tertiary/aromatic N) is 2. The maximum atomic E-state index is 4.81. The zero-order valence-corrected chi connectivity index (χ0v) is 15.9. The average Bonchev–Trinajstić information content (AvgIpc) is 3.36. The maximum Gasteiger partial charge on any atom is 0.225 e. The van der Waals surface area contributed by atoms with Gasteiger partial charge in [-0.1, -0.05) is 43.2 Å². The fourth-order valence-electron chi connectivity index (χ4n) is 3.87. The van der Waals surface area contributed by atoms with Crippen LogP contribution in [-0.4, -0.2) is 16.0 Å². The number of nitrogens with one attached hydrogen (secondary N) is 2. The zero-order chi connectivity index (χ0) is 18.1. The Kier molecular flexibility index (Phi) is 4.38. The molecule has 0 atom stereocenters. The van der Waals surface area contributed by atoms with E-state index in [4.69, 9.17) is 9.97 Å². The van der Waals surface area contributed by atoms with Crippen molar-refractivity contribution < 1.29 is 0 Å². The predicted octanol–water partition coefficient (Wildman–Crippen LogP) is 5.81. The Morgan fingerprint density at radius 2 is 1.70 bits per heavy atom. The SMILES string of the molecule is c1ccc2c(NC3CCCC3)nc(NCc3csc4ccccc34)nc2c1. The number of hydrogen-bond acceptors (Lipinski definition) is 5. The molecule has 1 saturated carbocycles. The molecule has 0 amide bonds. The average molecular weight is 375 g/mol. The maximum absolute atomic E-state index is 4.81. The summed E-state index contributed by atoms with van der Waals surface area (Å²) in [6.07, 6.45) is 5.05. The summed E-state index contributed by atoms with van der Waals surface area (Å²) in [5.74, 6) is 1.63. The molecule has 0 bridgehead atoms. The summed E-state index contributed by atoms with van der Waals surface area (Å²) < 4.78 is 1.32. The standard InChI is InChI=1S/C22H22N4S/c1-2-8-16(7-1)24-21-18-10-3-5-11-19(18)25-22(26-21)23-13-15-14-27-20-12-6-4-9-17(15)20/h3-6,9-12,14,16H,1-2,7-8,13H2,(H2,23,24,25,26). The van der Waals surface area contributed by atoms with Crippen LogP contribution in [-0.2, 0) is 6.54 Å². The topological polar surface area (TPSA) is 49.8 Å². The Hall–Kier alpha value is -2.66. The quantitative estimate of drug-likeness (QED) is 0.463. The van der Waals surface area contributed by atoms with Crippen LogP contribution in [0.1, 0.15) is 31.2 Å². The highest BCUT2D eigenvalue weighted by atomic mass is 32.1. The molecule has 4 aromatic rings. The van der Waals surface area contributed by atoms with Crippen LogP contribution < -0.4 is 10.6 Å². The molecule has 2 aromatic heterocycles. The number of aromatic nitrogens is 2. The highest BCUT2D eigenvalue weighted by molar-refractivity contribution is 7.17. The highest BCUT2D eigenvalue weighted by Gasteiger charge is 2.17. The van der Waals surface area contributed by atoms with Gasteiger partial charge < -0.3 is 10.6 Å². The summed E-state index contributed by atoms with van der Waals surface area (Å²) in [5.41, 5.74) is 2.27. The summed E-state index contributed by atoms with van der Waals surface area (Å²) >= 11 is 1.78. The van der Waals surface area contributed by atoms with Gasteiger partial charge in [-0.05, 0) is 47.4 Å². The molecule has 0 saturated heterocycles. The van der Waals surface area contributed by atoms with Gasteiger partial charge in [0.25, 0.3) is 0 Å². The number of hydrogen-bond donors (Lipinski definition) is 2. The molecule has 0 unspecified atom stereocenters. The lowest BCUT2D eigenvalue weighted by Gasteiger charge is -2.16. The fraction of sp³-hybridized carbons (Fsp3) is 0.273. The molecule has 1 aliphatic carbocycles. The van der Waals surface area contributed by atoms with Crippen LogP contribution in [0.2, 0.25) is 0 Å². The van der Waals surface area contributed by atoms with Gasteiger partial charge in [0.15, 0.2) is 0 Å². The molecule has 27 heavy (non-hydrogen) atoms. The van der Waals surface area contributed by atoms with Gasteiger partial charge >= 0.3 is 0 Å². The van der Waals surface area contributed by atoms with E-state index < -0.39 is 0 Å². The van der Waals surface area contributed by atoms with E-state index in [0.29, 0.717) is 12.0 Å². The van der Waals surface area contributed by atoms with Crippen LogP contribution >= 0.6 is 11.3 Å². The number of para-hydroxylation sites is 1. The van der Waals surface area contributed by atoms with Crippen LogP contribution in [0.15, 0.2) is 53.9 Å². The number of benzene rings is 2. The van der Waals surface area contributed by atoms with Crippen molar-refractivity contribution >= 4 is 44.1 Å². The molecule has 0 radical (unpaired) electrons. The number of thiophene rings is 1. The third kappa shape index (κ3) is 3.35. The van der Waals surface area contributed by atoms with Crippen LogP contribution in [0.25, 0.3) is 21.0 Å². The summed E-state index contributed by atoms with van der Waals surface area (Å²) in [6.45, 7) is 0.727. The lowest BCUT2D eigenvalue weighted by atomic mass is 10.2. The van der Waals surface area contributed by atoms with E-state index in [2.05, 4.69) is 58.5 Å². The molecule has 2 aromatic carbocycles. The van der Waals surface area contributed by atoms with Crippen molar-refractivity contribution in [2.75, 3.05) is 10.6 Å². The fourth-order valence-corrected chi connectivity index (χ4v) is 4.84. The van der Waals surface area contributed by atoms with Gasteiger partial charge in [0.05, 0.1) is 5.52 Å². The van der Waals surface area contributed by atoms with Gasteiger partial charge in [-0.2, -0.15) is 4.98 Å². The molecule has 0 spiro atoms. The molecular formula is C22H22N4S. The van der Waals surface area contributed by atoms with Crippen molar-refractivity contribution in [3.63, 3.8) is 0 Å². The van der Waals surface area contributed by atoms with Crippen LogP contribution in [0, 0.1) is 0 Å². The first-order valence-corrected chi connectivity index (χ1v) is 10.5. The van der Waals surface area contributed by atoms with Crippen LogP contribution in [0.5, 0.6) is 0 Å². The molecule has 5 rings (SSSR count). The van der Waals surface area contributed by atoms with E-state index in [1.165, 1.54) is 41.3 Å². The van der Waals surface area contributed by atoms with Gasteiger partial charge in [0.1, 0.15) is 5.82 Å². The summed E-state index contributed by atoms with van der Waals surface area (Å²) in [5, 5.41) is 11.7. The third-order valence-corrected chi connectivity index (χ3v) is 6.31. The first-order chi connectivity index (χ1) is 13.4. The number of rotatable bonds is 5. The van der Waals surface area contributed by atoms with Gasteiger partial charge in [-0.3, -0.25) is 0 Å². The van der Waals surface area contributed by atoms with Gasteiger partial charge in [0, 0.05) is 22.7 Å². The monoisotopic (exact) mass is 374 g/mol. The summed E-state index contributed by atoms with van der Waals surface area (Å²) in [4.78, 5) is 9.55. The van der Waals surface area contributed by atoms with Crippen LogP contribution in [0.4, 0.5) is 11.8 Å². The molecule has 2 N–H and O–H groups in total. The van der Waals surface area contributed by atoms with Gasteiger partial charge in [0.2, 0.25) is 5.95 Å². The molecule has 1 aliphatic rings. The Morgan fingerprint density at radius 3 is 2.59 bits per heavy atom. The van der Waals surface area contributed by atoms with E-state index in [-0.39, 0.29) is 0 Å². The summed E-state index contributed by atoms with van der Waals surface area (Å²) in [7, 11) is 0. The molecule has 0 aliphatic heterocycles. The molecule has 2 heterocycles. The lowest BCUT2D eigenvalue weighted by Crippen LogP contribution is -2.17. The van der Waals surface area contributed by atoms with Crippen molar-refractivity contribution in [1.29, 1.82) is 0 Å². The third-order valence-electron chi connectivity index (χ3n) is 5.30. The predicted molar refractivity (Wildman–Crippen MR) is 115 cm³/mol. The number of anilines is 2. The first-order valence-electron chi connectivity index (χ1n) is 9.59. The van der Waals surface area contributed by atoms with Crippen LogP contribution in [0.3, 0.4) is 0 Å². The van der Waals surface area contributed by atoms with Crippen molar-refractivity contribution in [3.8, 4) is 0 Å². The second-order valence-electron chi connectivity index (χ2n) is 7.15. The van der Waals surface area contributed by atoms with Gasteiger partial charge in [-0.25, -0.2) is 4.98 Å². The molecular weight excluding hydrogens is 352 g/mol. The molecule has 5 heteroatoms. The van der Waals surface area contributed by atoms with Gasteiger partial charge in [-0.15, -0.1) is 11.3 Å². The Morgan fingerprint density at radius 1 is 0.926 bits per heavy atom. The van der Waals surface area contributed by atoms with Crippen molar-refractivity contribution in [3.05, 3.63) is 59.5 Å². The van der Waals surface area contributed by atoms with E-state index >= 15 is 0 Å². The number of fused-ring (bicyclic) bond motifs is 2. The summed E-state index contributed by atoms with van der Waals surface area (Å²) in [6, 6.07) is 17.3. The van der Waals surface area contributed by atoms with Crippen molar-refractivity contribution in [1.82, 2.24) is 9.97 Å². The van der Waals surface area contributed by atoms with Crippen molar-refractivity contribution in [2.24, 2.45) is 0 Å². The first kappa shape index (κ1) is 16.5. The Balaban J connectivity index is 1.44. The molecule has 1 fully saturated rings. The Labute approximate surface area is 162 Å². The second kappa shape index (κ2) is 7.16.